The van der Waals surface area contributed by atoms with Crippen LogP contribution in [0.2, 0.25) is 0 Å². The lowest BCUT2D eigenvalue weighted by atomic mass is 9.69. The molecule has 0 unspecified atom stereocenters. The van der Waals surface area contributed by atoms with E-state index in [0.29, 0.717) is 18.6 Å². The maximum absolute atomic E-state index is 11.6. The number of urea groups is 1. The molecule has 1 saturated carbocycles. The fourth-order valence-electron chi connectivity index (χ4n) is 2.05. The third-order valence-electron chi connectivity index (χ3n) is 3.45. The normalized spacial score (nSPS) is 16.5. The topological polar surface area (TPSA) is 104 Å². The summed E-state index contributed by atoms with van der Waals surface area (Å²) in [6, 6.07) is 1.33. The number of rotatable bonds is 5. The van der Waals surface area contributed by atoms with Crippen LogP contribution in [-0.2, 0) is 11.3 Å². The smallest absolute Gasteiger partial charge is 0.315 e. The number of hydrogen-bond donors (Lipinski definition) is 3. The van der Waals surface area contributed by atoms with Gasteiger partial charge >= 0.3 is 12.0 Å². The zero-order valence-electron chi connectivity index (χ0n) is 10.7. The van der Waals surface area contributed by atoms with Gasteiger partial charge in [-0.15, -0.1) is 0 Å². The highest BCUT2D eigenvalue weighted by atomic mass is 16.5. The summed E-state index contributed by atoms with van der Waals surface area (Å²) in [6.45, 7) is 2.18. The van der Waals surface area contributed by atoms with Crippen LogP contribution in [0.4, 0.5) is 4.79 Å². The number of aryl methyl sites for hydroxylation is 1. The Hall–Kier alpha value is -2.05. The van der Waals surface area contributed by atoms with Gasteiger partial charge in [0, 0.05) is 12.6 Å². The number of carbonyl (C=O) groups is 2. The van der Waals surface area contributed by atoms with E-state index >= 15 is 0 Å². The quantitative estimate of drug-likeness (QED) is 0.739. The summed E-state index contributed by atoms with van der Waals surface area (Å²) >= 11 is 0. The molecule has 7 heteroatoms. The molecule has 2 amide bonds. The molecule has 0 aliphatic heterocycles. The van der Waals surface area contributed by atoms with E-state index in [-0.39, 0.29) is 13.1 Å². The molecule has 0 bridgehead atoms. The number of aromatic nitrogens is 1. The highest BCUT2D eigenvalue weighted by Crippen LogP contribution is 2.40. The van der Waals surface area contributed by atoms with Crippen LogP contribution in [0.5, 0.6) is 0 Å². The summed E-state index contributed by atoms with van der Waals surface area (Å²) in [5.41, 5.74) is -0.0308. The molecular formula is C12H17N3O4. The maximum Gasteiger partial charge on any atom is 0.315 e. The number of nitrogens with one attached hydrogen (secondary N) is 2. The van der Waals surface area contributed by atoms with Gasteiger partial charge in [0.1, 0.15) is 0 Å². The Morgan fingerprint density at radius 1 is 1.47 bits per heavy atom. The molecule has 104 valence electrons. The molecule has 1 aliphatic carbocycles. The van der Waals surface area contributed by atoms with Crippen LogP contribution < -0.4 is 10.6 Å². The van der Waals surface area contributed by atoms with E-state index in [1.807, 2.05) is 0 Å². The molecule has 1 aromatic rings. The van der Waals surface area contributed by atoms with Gasteiger partial charge in [0.15, 0.2) is 5.76 Å². The monoisotopic (exact) mass is 267 g/mol. The summed E-state index contributed by atoms with van der Waals surface area (Å²) in [7, 11) is 0. The molecule has 2 rings (SSSR count). The van der Waals surface area contributed by atoms with Crippen LogP contribution in [0.1, 0.15) is 30.7 Å². The molecule has 0 aromatic carbocycles. The molecule has 0 saturated heterocycles. The highest BCUT2D eigenvalue weighted by Gasteiger charge is 2.44. The molecule has 3 N–H and O–H groups in total. The van der Waals surface area contributed by atoms with E-state index in [9.17, 15) is 9.59 Å². The Balaban J connectivity index is 1.74. The van der Waals surface area contributed by atoms with Gasteiger partial charge in [0.25, 0.3) is 0 Å². The number of nitrogens with zero attached hydrogens (tertiary/aromatic N) is 1. The Bertz CT molecular complexity index is 479. The SMILES string of the molecule is Cc1cc(CNC(=O)NCC2(C(=O)O)CCC2)on1. The lowest BCUT2D eigenvalue weighted by Crippen LogP contribution is -2.49. The third kappa shape index (κ3) is 3.04. The van der Waals surface area contributed by atoms with Crippen molar-refractivity contribution in [2.24, 2.45) is 5.41 Å². The highest BCUT2D eigenvalue weighted by molar-refractivity contribution is 5.78. The van der Waals surface area contributed by atoms with Crippen molar-refractivity contribution < 1.29 is 19.2 Å². The van der Waals surface area contributed by atoms with Crippen molar-refractivity contribution in [1.82, 2.24) is 15.8 Å². The lowest BCUT2D eigenvalue weighted by Gasteiger charge is -2.37. The van der Waals surface area contributed by atoms with Crippen molar-refractivity contribution >= 4 is 12.0 Å². The van der Waals surface area contributed by atoms with Crippen LogP contribution >= 0.6 is 0 Å². The fraction of sp³-hybridized carbons (Fsp3) is 0.583. The molecule has 19 heavy (non-hydrogen) atoms. The second-order valence-electron chi connectivity index (χ2n) is 4.91. The summed E-state index contributed by atoms with van der Waals surface area (Å²) < 4.78 is 4.94. The summed E-state index contributed by atoms with van der Waals surface area (Å²) in [4.78, 5) is 22.7. The number of carboxylic acid groups (broad SMARTS) is 1. The zero-order valence-corrected chi connectivity index (χ0v) is 10.7. The van der Waals surface area contributed by atoms with Gasteiger partial charge in [-0.2, -0.15) is 0 Å². The largest absolute Gasteiger partial charge is 0.481 e. The van der Waals surface area contributed by atoms with Crippen molar-refractivity contribution in [3.63, 3.8) is 0 Å². The molecule has 1 heterocycles. The van der Waals surface area contributed by atoms with Crippen molar-refractivity contribution in [3.8, 4) is 0 Å². The fourth-order valence-corrected chi connectivity index (χ4v) is 2.05. The second kappa shape index (κ2) is 5.29. The first-order valence-electron chi connectivity index (χ1n) is 6.19. The second-order valence-corrected chi connectivity index (χ2v) is 4.91. The Morgan fingerprint density at radius 3 is 2.68 bits per heavy atom. The summed E-state index contributed by atoms with van der Waals surface area (Å²) in [5.74, 6) is -0.283. The minimum absolute atomic E-state index is 0.156. The number of amides is 2. The van der Waals surface area contributed by atoms with Gasteiger partial charge in [0.2, 0.25) is 0 Å². The predicted octanol–water partition coefficient (Wildman–Crippen LogP) is 1.04. The molecular weight excluding hydrogens is 250 g/mol. The molecule has 1 fully saturated rings. The zero-order chi connectivity index (χ0) is 13.9. The molecule has 0 spiro atoms. The van der Waals surface area contributed by atoms with Gasteiger partial charge in [-0.3, -0.25) is 4.79 Å². The van der Waals surface area contributed by atoms with Gasteiger partial charge in [-0.05, 0) is 19.8 Å². The Labute approximate surface area is 110 Å². The summed E-state index contributed by atoms with van der Waals surface area (Å²) in [6.07, 6.45) is 2.13. The van der Waals surface area contributed by atoms with E-state index in [4.69, 9.17) is 9.63 Å². The van der Waals surface area contributed by atoms with Crippen LogP contribution in [0, 0.1) is 12.3 Å². The average molecular weight is 267 g/mol. The third-order valence-corrected chi connectivity index (χ3v) is 3.45. The number of hydrogen-bond acceptors (Lipinski definition) is 4. The van der Waals surface area contributed by atoms with E-state index < -0.39 is 17.4 Å². The van der Waals surface area contributed by atoms with Crippen molar-refractivity contribution in [2.75, 3.05) is 6.54 Å². The van der Waals surface area contributed by atoms with Crippen LogP contribution in [-0.4, -0.2) is 28.8 Å². The number of carbonyl (C=O) groups excluding carboxylic acids is 1. The van der Waals surface area contributed by atoms with Crippen molar-refractivity contribution in [3.05, 3.63) is 17.5 Å². The molecule has 0 radical (unpaired) electrons. The molecule has 1 aliphatic rings. The average Bonchev–Trinajstić information content (AvgIpc) is 2.70. The first kappa shape index (κ1) is 13.4. The minimum atomic E-state index is -0.843. The van der Waals surface area contributed by atoms with Crippen molar-refractivity contribution in [2.45, 2.75) is 32.7 Å². The Kier molecular flexibility index (Phi) is 3.73. The molecule has 1 aromatic heterocycles. The van der Waals surface area contributed by atoms with E-state index in [2.05, 4.69) is 15.8 Å². The number of aliphatic carboxylic acids is 1. The first-order valence-corrected chi connectivity index (χ1v) is 6.19. The maximum atomic E-state index is 11.6. The van der Waals surface area contributed by atoms with E-state index in [1.54, 1.807) is 13.0 Å². The predicted molar refractivity (Wildman–Crippen MR) is 65.4 cm³/mol. The van der Waals surface area contributed by atoms with E-state index in [0.717, 1.165) is 12.1 Å². The first-order chi connectivity index (χ1) is 9.02. The summed E-state index contributed by atoms with van der Waals surface area (Å²) in [5, 5.41) is 18.0. The number of carboxylic acids is 1. The van der Waals surface area contributed by atoms with Crippen LogP contribution in [0.25, 0.3) is 0 Å². The Morgan fingerprint density at radius 2 is 2.21 bits per heavy atom. The molecule has 7 nitrogen and oxygen atoms in total. The van der Waals surface area contributed by atoms with Gasteiger partial charge in [-0.25, -0.2) is 4.79 Å². The van der Waals surface area contributed by atoms with Crippen LogP contribution in [0.15, 0.2) is 10.6 Å². The lowest BCUT2D eigenvalue weighted by molar-refractivity contribution is -0.153. The minimum Gasteiger partial charge on any atom is -0.481 e. The van der Waals surface area contributed by atoms with Gasteiger partial charge in [0.05, 0.1) is 17.7 Å². The van der Waals surface area contributed by atoms with E-state index in [1.165, 1.54) is 0 Å². The van der Waals surface area contributed by atoms with Crippen LogP contribution in [0.3, 0.4) is 0 Å². The van der Waals surface area contributed by atoms with Gasteiger partial charge in [-0.1, -0.05) is 11.6 Å². The van der Waals surface area contributed by atoms with Crippen molar-refractivity contribution in [1.29, 1.82) is 0 Å². The van der Waals surface area contributed by atoms with Gasteiger partial charge < -0.3 is 20.3 Å². The standard InChI is InChI=1S/C12H17N3O4/c1-8-5-9(19-15-8)6-13-11(18)14-7-12(10(16)17)3-2-4-12/h5H,2-4,6-7H2,1H3,(H,16,17)(H2,13,14,18). The molecule has 0 atom stereocenters.